The Bertz CT molecular complexity index is 1490. The minimum absolute atomic E-state index is 0.166. The van der Waals surface area contributed by atoms with Crippen LogP contribution in [-0.4, -0.2) is 0 Å². The van der Waals surface area contributed by atoms with Gasteiger partial charge in [0.2, 0.25) is 0 Å². The van der Waals surface area contributed by atoms with Crippen LogP contribution in [0.25, 0.3) is 21.9 Å². The van der Waals surface area contributed by atoms with E-state index in [1.807, 2.05) is 0 Å². The molecule has 5 aromatic carbocycles. The maximum atomic E-state index is 3.90. The van der Waals surface area contributed by atoms with Crippen molar-refractivity contribution < 1.29 is 0 Å². The van der Waals surface area contributed by atoms with Gasteiger partial charge in [0.1, 0.15) is 0 Å². The standard InChI is InChI=1S/C31H24BrN/c1-31(2)26-19-25(21-11-5-3-6-12-21)27(32)20-29(26)33(23-14-7-4-8-15-23)28-18-17-22-13-9-10-16-24(22)30(28)31/h3-20H,1-2H3. The minimum Gasteiger partial charge on any atom is -0.310 e. The molecule has 0 N–H and O–H groups in total. The number of para-hydroxylation sites is 1. The molecule has 0 atom stereocenters. The lowest BCUT2D eigenvalue weighted by Crippen LogP contribution is -2.31. The van der Waals surface area contributed by atoms with Crippen LogP contribution in [0.3, 0.4) is 0 Å². The van der Waals surface area contributed by atoms with Gasteiger partial charge in [0.25, 0.3) is 0 Å². The van der Waals surface area contributed by atoms with Crippen molar-refractivity contribution in [3.63, 3.8) is 0 Å². The summed E-state index contributed by atoms with van der Waals surface area (Å²) in [6.07, 6.45) is 0. The van der Waals surface area contributed by atoms with Crippen molar-refractivity contribution in [2.75, 3.05) is 4.90 Å². The molecular weight excluding hydrogens is 466 g/mol. The second-order valence-electron chi connectivity index (χ2n) is 9.19. The molecule has 0 radical (unpaired) electrons. The summed E-state index contributed by atoms with van der Waals surface area (Å²) >= 11 is 3.90. The molecule has 0 unspecified atom stereocenters. The molecular formula is C31H24BrN. The normalized spacial score (nSPS) is 14.1. The molecule has 2 heteroatoms. The highest BCUT2D eigenvalue weighted by Crippen LogP contribution is 2.55. The van der Waals surface area contributed by atoms with Gasteiger partial charge in [-0.05, 0) is 63.4 Å². The molecule has 1 heterocycles. The molecule has 0 fully saturated rings. The number of hydrogen-bond donors (Lipinski definition) is 0. The number of anilines is 3. The Morgan fingerprint density at radius 3 is 2.09 bits per heavy atom. The molecule has 5 aromatic rings. The van der Waals surface area contributed by atoms with E-state index in [-0.39, 0.29) is 5.41 Å². The largest absolute Gasteiger partial charge is 0.310 e. The third-order valence-electron chi connectivity index (χ3n) is 6.87. The zero-order chi connectivity index (χ0) is 22.6. The van der Waals surface area contributed by atoms with Gasteiger partial charge in [-0.1, -0.05) is 109 Å². The summed E-state index contributed by atoms with van der Waals surface area (Å²) in [6.45, 7) is 4.73. The van der Waals surface area contributed by atoms with Gasteiger partial charge in [-0.2, -0.15) is 0 Å². The van der Waals surface area contributed by atoms with Crippen molar-refractivity contribution in [2.45, 2.75) is 19.3 Å². The van der Waals surface area contributed by atoms with E-state index >= 15 is 0 Å². The molecule has 1 aliphatic rings. The van der Waals surface area contributed by atoms with E-state index in [2.05, 4.69) is 144 Å². The van der Waals surface area contributed by atoms with Gasteiger partial charge in [-0.15, -0.1) is 0 Å². The monoisotopic (exact) mass is 489 g/mol. The number of hydrogen-bond acceptors (Lipinski definition) is 1. The summed E-state index contributed by atoms with van der Waals surface area (Å²) in [6, 6.07) is 39.3. The average molecular weight is 490 g/mol. The highest BCUT2D eigenvalue weighted by Gasteiger charge is 2.38. The first-order chi connectivity index (χ1) is 16.1. The Labute approximate surface area is 203 Å². The fraction of sp³-hybridized carbons (Fsp3) is 0.0968. The average Bonchev–Trinajstić information content (AvgIpc) is 2.84. The van der Waals surface area contributed by atoms with Crippen LogP contribution >= 0.6 is 15.9 Å². The molecule has 0 aliphatic carbocycles. The Morgan fingerprint density at radius 1 is 0.667 bits per heavy atom. The fourth-order valence-electron chi connectivity index (χ4n) is 5.31. The van der Waals surface area contributed by atoms with Crippen molar-refractivity contribution >= 4 is 43.8 Å². The van der Waals surface area contributed by atoms with Gasteiger partial charge in [0.15, 0.2) is 0 Å². The fourth-order valence-corrected chi connectivity index (χ4v) is 5.87. The minimum atomic E-state index is -0.166. The summed E-state index contributed by atoms with van der Waals surface area (Å²) in [5, 5.41) is 2.59. The van der Waals surface area contributed by atoms with E-state index in [4.69, 9.17) is 0 Å². The lowest BCUT2D eigenvalue weighted by molar-refractivity contribution is 0.638. The van der Waals surface area contributed by atoms with Crippen LogP contribution in [0.5, 0.6) is 0 Å². The zero-order valence-corrected chi connectivity index (χ0v) is 20.3. The van der Waals surface area contributed by atoms with Gasteiger partial charge in [-0.25, -0.2) is 0 Å². The number of rotatable bonds is 2. The van der Waals surface area contributed by atoms with E-state index in [1.54, 1.807) is 0 Å². The smallest absolute Gasteiger partial charge is 0.0514 e. The molecule has 0 spiro atoms. The maximum absolute atomic E-state index is 3.90. The van der Waals surface area contributed by atoms with Crippen molar-refractivity contribution in [3.8, 4) is 11.1 Å². The van der Waals surface area contributed by atoms with Crippen molar-refractivity contribution in [1.82, 2.24) is 0 Å². The van der Waals surface area contributed by atoms with E-state index in [0.29, 0.717) is 0 Å². The van der Waals surface area contributed by atoms with Crippen molar-refractivity contribution in [1.29, 1.82) is 0 Å². The first-order valence-electron chi connectivity index (χ1n) is 11.3. The molecule has 0 aromatic heterocycles. The number of halogens is 1. The second-order valence-corrected chi connectivity index (χ2v) is 10.0. The zero-order valence-electron chi connectivity index (χ0n) is 18.7. The third kappa shape index (κ3) is 3.13. The highest BCUT2D eigenvalue weighted by molar-refractivity contribution is 9.10. The number of fused-ring (bicyclic) bond motifs is 4. The molecule has 33 heavy (non-hydrogen) atoms. The van der Waals surface area contributed by atoms with E-state index in [1.165, 1.54) is 50.1 Å². The summed E-state index contributed by atoms with van der Waals surface area (Å²) in [5.74, 6) is 0. The Balaban J connectivity index is 1.71. The number of benzene rings is 5. The van der Waals surface area contributed by atoms with Gasteiger partial charge in [0, 0.05) is 15.6 Å². The van der Waals surface area contributed by atoms with Crippen LogP contribution in [0.2, 0.25) is 0 Å². The summed E-state index contributed by atoms with van der Waals surface area (Å²) in [7, 11) is 0. The van der Waals surface area contributed by atoms with Crippen LogP contribution in [-0.2, 0) is 5.41 Å². The predicted octanol–water partition coefficient (Wildman–Crippen LogP) is 9.38. The van der Waals surface area contributed by atoms with Crippen LogP contribution in [0, 0.1) is 0 Å². The SMILES string of the molecule is CC1(C)c2cc(-c3ccccc3)c(Br)cc2N(c2ccccc2)c2ccc3ccccc3c21. The lowest BCUT2D eigenvalue weighted by atomic mass is 9.71. The van der Waals surface area contributed by atoms with Crippen LogP contribution in [0.15, 0.2) is 114 Å². The first-order valence-corrected chi connectivity index (χ1v) is 12.1. The Hall–Kier alpha value is -3.36. The molecule has 6 rings (SSSR count). The molecule has 0 bridgehead atoms. The maximum Gasteiger partial charge on any atom is 0.0514 e. The Kier molecular flexibility index (Phi) is 4.67. The van der Waals surface area contributed by atoms with Crippen LogP contribution in [0.1, 0.15) is 25.0 Å². The van der Waals surface area contributed by atoms with Gasteiger partial charge < -0.3 is 4.90 Å². The summed E-state index contributed by atoms with van der Waals surface area (Å²) < 4.78 is 1.11. The van der Waals surface area contributed by atoms with E-state index in [0.717, 1.165) is 4.47 Å². The van der Waals surface area contributed by atoms with Crippen LogP contribution < -0.4 is 4.90 Å². The van der Waals surface area contributed by atoms with Crippen molar-refractivity contribution in [2.24, 2.45) is 0 Å². The Morgan fingerprint density at radius 2 is 1.33 bits per heavy atom. The van der Waals surface area contributed by atoms with Crippen LogP contribution in [0.4, 0.5) is 17.1 Å². The summed E-state index contributed by atoms with van der Waals surface area (Å²) in [4.78, 5) is 2.42. The molecule has 160 valence electrons. The number of nitrogens with zero attached hydrogens (tertiary/aromatic N) is 1. The highest BCUT2D eigenvalue weighted by atomic mass is 79.9. The van der Waals surface area contributed by atoms with Gasteiger partial charge in [0.05, 0.1) is 11.4 Å². The van der Waals surface area contributed by atoms with Gasteiger partial charge in [-0.3, -0.25) is 0 Å². The third-order valence-corrected chi connectivity index (χ3v) is 7.53. The molecule has 1 nitrogen and oxygen atoms in total. The van der Waals surface area contributed by atoms with Crippen molar-refractivity contribution in [3.05, 3.63) is 125 Å². The molecule has 1 aliphatic heterocycles. The molecule has 0 amide bonds. The summed E-state index contributed by atoms with van der Waals surface area (Å²) in [5.41, 5.74) is 8.62. The van der Waals surface area contributed by atoms with E-state index in [9.17, 15) is 0 Å². The first kappa shape index (κ1) is 20.3. The van der Waals surface area contributed by atoms with E-state index < -0.39 is 0 Å². The van der Waals surface area contributed by atoms with Gasteiger partial charge >= 0.3 is 0 Å². The quantitative estimate of drug-likeness (QED) is 0.238. The second kappa shape index (κ2) is 7.60. The molecule has 0 saturated heterocycles. The predicted molar refractivity (Wildman–Crippen MR) is 144 cm³/mol. The lowest BCUT2D eigenvalue weighted by Gasteiger charge is -2.43. The topological polar surface area (TPSA) is 3.24 Å². The molecule has 0 saturated carbocycles.